The number of hydrogen-bond acceptors (Lipinski definition) is 4. The normalized spacial score (nSPS) is 10.9. The maximum absolute atomic E-state index is 11.9. The lowest BCUT2D eigenvalue weighted by atomic mass is 9.82. The van der Waals surface area contributed by atoms with Gasteiger partial charge in [-0.05, 0) is 60.2 Å². The number of rotatable bonds is 8. The second-order valence-corrected chi connectivity index (χ2v) is 8.26. The molecule has 0 spiro atoms. The van der Waals surface area contributed by atoms with Crippen molar-refractivity contribution in [2.75, 3.05) is 13.2 Å². The first kappa shape index (κ1) is 22.7. The molecule has 29 heavy (non-hydrogen) atoms. The summed E-state index contributed by atoms with van der Waals surface area (Å²) in [5.74, 6) is 0.270. The Morgan fingerprint density at radius 3 is 2.10 bits per heavy atom. The van der Waals surface area contributed by atoms with Crippen LogP contribution in [0.2, 0.25) is 0 Å². The molecule has 0 fully saturated rings. The standard InChI is InChI=1S/C22H27BrN2O4/c1-5-22(3,4)16-6-9-18(10-7-16)28-13-20(26)24-25-21(27)14-29-19-11-8-17(23)12-15(19)2/h6-12H,5,13-14H2,1-4H3,(H,24,26)(H,25,27). The largest absolute Gasteiger partial charge is 0.484 e. The molecule has 0 aliphatic rings. The lowest BCUT2D eigenvalue weighted by Crippen LogP contribution is -2.45. The number of amides is 2. The van der Waals surface area contributed by atoms with Gasteiger partial charge in [0.25, 0.3) is 11.8 Å². The van der Waals surface area contributed by atoms with Crippen molar-refractivity contribution in [3.05, 3.63) is 58.1 Å². The topological polar surface area (TPSA) is 76.7 Å². The first-order valence-electron chi connectivity index (χ1n) is 9.41. The second kappa shape index (κ2) is 10.3. The summed E-state index contributed by atoms with van der Waals surface area (Å²) in [4.78, 5) is 23.7. The van der Waals surface area contributed by atoms with Crippen LogP contribution in [0, 0.1) is 6.92 Å². The van der Waals surface area contributed by atoms with Crippen molar-refractivity contribution < 1.29 is 19.1 Å². The van der Waals surface area contributed by atoms with Gasteiger partial charge in [0.15, 0.2) is 13.2 Å². The van der Waals surface area contributed by atoms with Gasteiger partial charge >= 0.3 is 0 Å². The van der Waals surface area contributed by atoms with Crippen molar-refractivity contribution in [1.82, 2.24) is 10.9 Å². The Labute approximate surface area is 180 Å². The van der Waals surface area contributed by atoms with Gasteiger partial charge in [0.2, 0.25) is 0 Å². The molecular formula is C22H27BrN2O4. The van der Waals surface area contributed by atoms with E-state index in [0.29, 0.717) is 11.5 Å². The quantitative estimate of drug-likeness (QED) is 0.580. The molecule has 7 heteroatoms. The third-order valence-corrected chi connectivity index (χ3v) is 5.22. The minimum absolute atomic E-state index is 0.0943. The van der Waals surface area contributed by atoms with Crippen LogP contribution in [-0.2, 0) is 15.0 Å². The molecule has 0 saturated heterocycles. The molecule has 2 amide bonds. The summed E-state index contributed by atoms with van der Waals surface area (Å²) >= 11 is 3.37. The highest BCUT2D eigenvalue weighted by Gasteiger charge is 2.17. The van der Waals surface area contributed by atoms with Crippen molar-refractivity contribution in [3.8, 4) is 11.5 Å². The van der Waals surface area contributed by atoms with Gasteiger partial charge < -0.3 is 9.47 Å². The summed E-state index contributed by atoms with van der Waals surface area (Å²) in [6.07, 6.45) is 1.03. The summed E-state index contributed by atoms with van der Waals surface area (Å²) in [6, 6.07) is 13.2. The minimum Gasteiger partial charge on any atom is -0.484 e. The SMILES string of the molecule is CCC(C)(C)c1ccc(OCC(=O)NNC(=O)COc2ccc(Br)cc2C)cc1. The fourth-order valence-corrected chi connectivity index (χ4v) is 2.96. The predicted octanol–water partition coefficient (Wildman–Crippen LogP) is 4.05. The van der Waals surface area contributed by atoms with Gasteiger partial charge in [0, 0.05) is 4.47 Å². The van der Waals surface area contributed by atoms with Gasteiger partial charge in [-0.1, -0.05) is 48.8 Å². The number of benzene rings is 2. The Morgan fingerprint density at radius 1 is 0.966 bits per heavy atom. The Hall–Kier alpha value is -2.54. The van der Waals surface area contributed by atoms with E-state index in [9.17, 15) is 9.59 Å². The number of carbonyl (C=O) groups is 2. The first-order valence-corrected chi connectivity index (χ1v) is 10.2. The van der Waals surface area contributed by atoms with Crippen LogP contribution in [0.25, 0.3) is 0 Å². The highest BCUT2D eigenvalue weighted by molar-refractivity contribution is 9.10. The maximum Gasteiger partial charge on any atom is 0.276 e. The molecule has 0 aliphatic heterocycles. The van der Waals surface area contributed by atoms with Crippen LogP contribution in [0.5, 0.6) is 11.5 Å². The van der Waals surface area contributed by atoms with Crippen LogP contribution in [0.15, 0.2) is 46.9 Å². The fourth-order valence-electron chi connectivity index (χ4n) is 2.49. The lowest BCUT2D eigenvalue weighted by Gasteiger charge is -2.23. The Morgan fingerprint density at radius 2 is 1.55 bits per heavy atom. The van der Waals surface area contributed by atoms with Crippen molar-refractivity contribution in [2.24, 2.45) is 0 Å². The lowest BCUT2D eigenvalue weighted by molar-refractivity contribution is -0.131. The van der Waals surface area contributed by atoms with Crippen molar-refractivity contribution in [2.45, 2.75) is 39.5 Å². The molecule has 0 radical (unpaired) electrons. The molecule has 6 nitrogen and oxygen atoms in total. The van der Waals surface area contributed by atoms with E-state index in [2.05, 4.69) is 47.6 Å². The number of nitrogens with one attached hydrogen (secondary N) is 2. The van der Waals surface area contributed by atoms with Gasteiger partial charge in [-0.15, -0.1) is 0 Å². The maximum atomic E-state index is 11.9. The molecule has 2 aromatic carbocycles. The number of hydrazine groups is 1. The van der Waals surface area contributed by atoms with E-state index in [1.807, 2.05) is 43.3 Å². The van der Waals surface area contributed by atoms with Gasteiger partial charge in [0.05, 0.1) is 0 Å². The summed E-state index contributed by atoms with van der Waals surface area (Å²) < 4.78 is 11.8. The fraction of sp³-hybridized carbons (Fsp3) is 0.364. The molecule has 0 atom stereocenters. The molecule has 0 unspecified atom stereocenters. The van der Waals surface area contributed by atoms with Crippen LogP contribution < -0.4 is 20.3 Å². The van der Waals surface area contributed by atoms with E-state index >= 15 is 0 Å². The van der Waals surface area contributed by atoms with E-state index in [1.54, 1.807) is 6.07 Å². The molecular weight excluding hydrogens is 436 g/mol. The van der Waals surface area contributed by atoms with Crippen molar-refractivity contribution in [3.63, 3.8) is 0 Å². The molecule has 2 aromatic rings. The average molecular weight is 463 g/mol. The summed E-state index contributed by atoms with van der Waals surface area (Å²) in [5.41, 5.74) is 6.82. The van der Waals surface area contributed by atoms with E-state index < -0.39 is 11.8 Å². The van der Waals surface area contributed by atoms with Gasteiger partial charge in [-0.3, -0.25) is 20.4 Å². The molecule has 0 aromatic heterocycles. The summed E-state index contributed by atoms with van der Waals surface area (Å²) in [5, 5.41) is 0. The zero-order chi connectivity index (χ0) is 21.4. The molecule has 2 N–H and O–H groups in total. The van der Waals surface area contributed by atoms with Crippen LogP contribution in [-0.4, -0.2) is 25.0 Å². The highest BCUT2D eigenvalue weighted by Crippen LogP contribution is 2.28. The number of carbonyl (C=O) groups excluding carboxylic acids is 2. The van der Waals surface area contributed by atoms with Crippen LogP contribution in [0.1, 0.15) is 38.3 Å². The van der Waals surface area contributed by atoms with E-state index in [0.717, 1.165) is 16.5 Å². The van der Waals surface area contributed by atoms with Gasteiger partial charge in [-0.2, -0.15) is 0 Å². The predicted molar refractivity (Wildman–Crippen MR) is 116 cm³/mol. The smallest absolute Gasteiger partial charge is 0.276 e. The zero-order valence-electron chi connectivity index (χ0n) is 17.2. The Bertz CT molecular complexity index is 850. The van der Waals surface area contributed by atoms with Crippen LogP contribution in [0.3, 0.4) is 0 Å². The van der Waals surface area contributed by atoms with Crippen LogP contribution >= 0.6 is 15.9 Å². The van der Waals surface area contributed by atoms with E-state index in [1.165, 1.54) is 5.56 Å². The van der Waals surface area contributed by atoms with Gasteiger partial charge in [0.1, 0.15) is 11.5 Å². The van der Waals surface area contributed by atoms with E-state index in [4.69, 9.17) is 9.47 Å². The molecule has 0 heterocycles. The number of halogens is 1. The molecule has 2 rings (SSSR count). The molecule has 0 aliphatic carbocycles. The minimum atomic E-state index is -0.466. The van der Waals surface area contributed by atoms with Gasteiger partial charge in [-0.25, -0.2) is 0 Å². The van der Waals surface area contributed by atoms with Crippen molar-refractivity contribution in [1.29, 1.82) is 0 Å². The Kier molecular flexibility index (Phi) is 8.08. The average Bonchev–Trinajstić information content (AvgIpc) is 2.70. The molecule has 0 saturated carbocycles. The molecule has 0 bridgehead atoms. The zero-order valence-corrected chi connectivity index (χ0v) is 18.8. The number of ether oxygens (including phenoxy) is 2. The monoisotopic (exact) mass is 462 g/mol. The third-order valence-electron chi connectivity index (χ3n) is 4.73. The van der Waals surface area contributed by atoms with Crippen molar-refractivity contribution >= 4 is 27.7 Å². The summed E-state index contributed by atoms with van der Waals surface area (Å²) in [6.45, 7) is 7.98. The number of aryl methyl sites for hydroxylation is 1. The molecule has 156 valence electrons. The van der Waals surface area contributed by atoms with E-state index in [-0.39, 0.29) is 18.6 Å². The highest BCUT2D eigenvalue weighted by atomic mass is 79.9. The third kappa shape index (κ3) is 7.09. The number of hydrogen-bond donors (Lipinski definition) is 2. The van der Waals surface area contributed by atoms with Crippen LogP contribution in [0.4, 0.5) is 0 Å². The Balaban J connectivity index is 1.72. The second-order valence-electron chi connectivity index (χ2n) is 7.35. The first-order chi connectivity index (χ1) is 13.7. The summed E-state index contributed by atoms with van der Waals surface area (Å²) in [7, 11) is 0.